The molecule has 436 valence electrons. The summed E-state index contributed by atoms with van der Waals surface area (Å²) in [5.41, 5.74) is -0.311. The maximum Gasteiger partial charge on any atom is 2.00 e. The molecule has 0 aliphatic carbocycles. The monoisotopic (exact) mass is 1180 g/mol. The Morgan fingerprint density at radius 2 is 0.800 bits per heavy atom. The normalized spacial score (nSPS) is 17.7. The third-order valence-electron chi connectivity index (χ3n) is 16.2. The first-order valence-corrected chi connectivity index (χ1v) is 27.9. The van der Waals surface area contributed by atoms with E-state index >= 15 is 0 Å². The van der Waals surface area contributed by atoms with Crippen LogP contribution < -0.4 is 30.6 Å². The minimum Gasteiger partial charge on any atom is -0.550 e. The molecular weight excluding hydrogens is 1120 g/mol. The van der Waals surface area contributed by atoms with Gasteiger partial charge in [-0.2, -0.15) is 0 Å². The van der Waals surface area contributed by atoms with Crippen molar-refractivity contribution >= 4 is 139 Å². The van der Waals surface area contributed by atoms with Crippen molar-refractivity contribution < 1.29 is 68.2 Å². The summed E-state index contributed by atoms with van der Waals surface area (Å²) in [6.45, 7) is 7.19. The van der Waals surface area contributed by atoms with Crippen LogP contribution >= 0.6 is 0 Å². The van der Waals surface area contributed by atoms with Crippen LogP contribution in [0.4, 0.5) is 31.5 Å². The maximum absolute atomic E-state index is 14.7. The first kappa shape index (κ1) is 63.6. The smallest absolute Gasteiger partial charge is 0.550 e. The van der Waals surface area contributed by atoms with Crippen LogP contribution in [0.3, 0.4) is 0 Å². The molecule has 0 saturated carbocycles. The van der Waals surface area contributed by atoms with Crippen molar-refractivity contribution in [2.75, 3.05) is 33.5 Å². The third-order valence-corrected chi connectivity index (χ3v) is 16.2. The van der Waals surface area contributed by atoms with Gasteiger partial charge in [-0.1, -0.05) is 113 Å². The van der Waals surface area contributed by atoms with Gasteiger partial charge in [-0.3, -0.25) is 19.2 Å². The molecule has 0 saturated heterocycles. The van der Waals surface area contributed by atoms with Crippen LogP contribution in [-0.2, 0) is 39.6 Å². The molecule has 2 heterocycles. The molecule has 0 aromatic heterocycles. The van der Waals surface area contributed by atoms with Gasteiger partial charge in [-0.15, -0.1) is 0 Å². The molecule has 2 aliphatic rings. The zero-order valence-electron chi connectivity index (χ0n) is 47.4. The summed E-state index contributed by atoms with van der Waals surface area (Å²) in [6, 6.07) is 40.9. The number of carbonyl (C=O) groups excluding carboxylic acids is 6. The Bertz CT molecular complexity index is 3600. The van der Waals surface area contributed by atoms with Crippen LogP contribution in [0.1, 0.15) is 77.3 Å². The molecule has 85 heavy (non-hydrogen) atoms. The van der Waals surface area contributed by atoms with Gasteiger partial charge in [0.1, 0.15) is 11.6 Å². The number of aliphatic hydroxyl groups is 4. The van der Waals surface area contributed by atoms with E-state index in [4.69, 9.17) is 0 Å². The second-order valence-electron chi connectivity index (χ2n) is 22.2. The van der Waals surface area contributed by atoms with Crippen molar-refractivity contribution in [1.29, 1.82) is 0 Å². The SMILES string of the molecule is CC(C)C1(C(=O)Nc2ccccc2)C(=O)N(CCC(O)CC(O)CC(=O)[O-])c2c1c1ccccc1c1cc(F)ccc21.CC(C)C1(C(=O)Nc2ccccc2)C(=O)N(CCC(O)CC(O)CC(=O)[O-])c2c1c1ccccc1c1cc(F)ccc21.[Ca+2]. The summed E-state index contributed by atoms with van der Waals surface area (Å²) in [6.07, 6.45) is -6.59. The molecule has 10 rings (SSSR count). The summed E-state index contributed by atoms with van der Waals surface area (Å²) in [5.74, 6) is -6.75. The first-order chi connectivity index (χ1) is 40.1. The van der Waals surface area contributed by atoms with Crippen molar-refractivity contribution in [2.45, 2.75) is 101 Å². The number of rotatable bonds is 20. The average molecular weight is 1180 g/mol. The maximum atomic E-state index is 14.7. The van der Waals surface area contributed by atoms with E-state index in [1.165, 1.54) is 34.1 Å². The van der Waals surface area contributed by atoms with Gasteiger partial charge in [-0.25, -0.2) is 8.78 Å². The summed E-state index contributed by atoms with van der Waals surface area (Å²) in [5, 5.41) is 73.9. The zero-order chi connectivity index (χ0) is 60.4. The molecule has 0 fully saturated rings. The van der Waals surface area contributed by atoms with Crippen molar-refractivity contribution in [3.05, 3.63) is 168 Å². The standard InChI is InChI=1S/2C33H33FN2O6.Ca/c2*1-19(2)33(31(41)35-21-8-4-3-5-9-21)29-25-11-7-6-10-24(25)27-16-20(34)12-13-26(27)30(29)36(32(33)42)15-14-22(37)17-23(38)18-28(39)40;/h2*3-13,16,19,22-23,37-38H,14-15,17-18H2,1-2H3,(H,35,41)(H,39,40);/q;;+2/p-2. The van der Waals surface area contributed by atoms with Crippen LogP contribution in [0.2, 0.25) is 0 Å². The van der Waals surface area contributed by atoms with Crippen molar-refractivity contribution in [3.8, 4) is 0 Å². The quantitative estimate of drug-likeness (QED) is 0.0258. The van der Waals surface area contributed by atoms with Crippen LogP contribution in [0, 0.1) is 23.5 Å². The van der Waals surface area contributed by atoms with Gasteiger partial charge in [0.2, 0.25) is 23.6 Å². The number of benzene rings is 8. The average Bonchev–Trinajstić information content (AvgIpc) is 1.58. The fourth-order valence-electron chi connectivity index (χ4n) is 12.4. The number of fused-ring (bicyclic) bond motifs is 12. The van der Waals surface area contributed by atoms with Crippen LogP contribution in [0.25, 0.3) is 43.1 Å². The van der Waals surface area contributed by atoms with Gasteiger partial charge in [0.25, 0.3) is 0 Å². The van der Waals surface area contributed by atoms with Gasteiger partial charge in [-0.05, 0) is 131 Å². The van der Waals surface area contributed by atoms with E-state index < -0.39 is 107 Å². The van der Waals surface area contributed by atoms with Crippen LogP contribution in [0.15, 0.2) is 146 Å². The Balaban J connectivity index is 0.000000219. The van der Waals surface area contributed by atoms with Crippen LogP contribution in [0.5, 0.6) is 0 Å². The third kappa shape index (κ3) is 12.2. The van der Waals surface area contributed by atoms with Gasteiger partial charge in [0.05, 0.1) is 35.8 Å². The van der Waals surface area contributed by atoms with E-state index in [0.29, 0.717) is 77.0 Å². The molecule has 8 aromatic rings. The molecule has 0 radical (unpaired) electrons. The van der Waals surface area contributed by atoms with Crippen molar-refractivity contribution in [3.63, 3.8) is 0 Å². The van der Waals surface area contributed by atoms with E-state index in [2.05, 4.69) is 10.6 Å². The molecule has 6 N–H and O–H groups in total. The number of aliphatic carboxylic acids is 2. The molecule has 19 heteroatoms. The Morgan fingerprint density at radius 1 is 0.471 bits per heavy atom. The van der Waals surface area contributed by atoms with Gasteiger partial charge in [0.15, 0.2) is 10.8 Å². The number of aliphatic hydroxyl groups excluding tert-OH is 4. The number of nitrogens with zero attached hydrogens (tertiary/aromatic N) is 2. The van der Waals surface area contributed by atoms with E-state index in [0.717, 1.165) is 0 Å². The van der Waals surface area contributed by atoms with Gasteiger partial charge < -0.3 is 60.7 Å². The predicted octanol–water partition coefficient (Wildman–Crippen LogP) is 6.93. The number of nitrogens with one attached hydrogen (secondary N) is 2. The Labute approximate surface area is 519 Å². The number of anilines is 4. The van der Waals surface area contributed by atoms with Gasteiger partial charge in [0, 0.05) is 71.1 Å². The first-order valence-electron chi connectivity index (χ1n) is 27.9. The molecule has 0 bridgehead atoms. The summed E-state index contributed by atoms with van der Waals surface area (Å²) in [7, 11) is 0. The molecule has 2 aliphatic heterocycles. The van der Waals surface area contributed by atoms with Gasteiger partial charge >= 0.3 is 37.7 Å². The predicted molar refractivity (Wildman–Crippen MR) is 318 cm³/mol. The molecule has 6 atom stereocenters. The topological polar surface area (TPSA) is 260 Å². The Morgan fingerprint density at radius 3 is 1.13 bits per heavy atom. The molecule has 8 aromatic carbocycles. The van der Waals surface area contributed by atoms with E-state index in [1.54, 1.807) is 60.7 Å². The molecular formula is C66H64CaF2N4O12. The molecule has 0 spiro atoms. The minimum absolute atomic E-state index is 0. The molecule has 4 amide bonds. The van der Waals surface area contributed by atoms with Crippen molar-refractivity contribution in [2.24, 2.45) is 11.8 Å². The Hall–Kier alpha value is -7.42. The number of carbonyl (C=O) groups is 6. The fourth-order valence-corrected chi connectivity index (χ4v) is 12.4. The number of hydrogen-bond acceptors (Lipinski definition) is 12. The number of hydrogen-bond donors (Lipinski definition) is 6. The van der Waals surface area contributed by atoms with Crippen LogP contribution in [-0.4, -0.2) is 131 Å². The molecule has 6 unspecified atom stereocenters. The van der Waals surface area contributed by atoms with Crippen molar-refractivity contribution in [1.82, 2.24) is 0 Å². The Kier molecular flexibility index (Phi) is 19.8. The van der Waals surface area contributed by atoms with E-state index in [-0.39, 0.29) is 76.5 Å². The number of amides is 4. The fraction of sp³-hybridized carbons (Fsp3) is 0.303. The summed E-state index contributed by atoms with van der Waals surface area (Å²) in [4.78, 5) is 82.7. The summed E-state index contributed by atoms with van der Waals surface area (Å²) < 4.78 is 29.1. The van der Waals surface area contributed by atoms with E-state index in [9.17, 15) is 68.2 Å². The number of carboxylic acid groups (broad SMARTS) is 2. The number of carboxylic acids is 2. The largest absolute Gasteiger partial charge is 2.00 e. The summed E-state index contributed by atoms with van der Waals surface area (Å²) >= 11 is 0. The molecule has 16 nitrogen and oxygen atoms in total. The second kappa shape index (κ2) is 26.5. The minimum atomic E-state index is -1.66. The van der Waals surface area contributed by atoms with E-state index in [1.807, 2.05) is 88.4 Å². The number of halogens is 2. The zero-order valence-corrected chi connectivity index (χ0v) is 49.6. The second-order valence-corrected chi connectivity index (χ2v) is 22.2. The number of para-hydroxylation sites is 2.